The Morgan fingerprint density at radius 2 is 2.00 bits per heavy atom. The summed E-state index contributed by atoms with van der Waals surface area (Å²) in [6.07, 6.45) is 0.0135. The van der Waals surface area contributed by atoms with E-state index in [2.05, 4.69) is 10.6 Å². The van der Waals surface area contributed by atoms with Crippen LogP contribution in [0.3, 0.4) is 0 Å². The lowest BCUT2D eigenvalue weighted by molar-refractivity contribution is -0.143. The monoisotopic (exact) mass is 432 g/mol. The van der Waals surface area contributed by atoms with E-state index in [0.29, 0.717) is 10.7 Å². The van der Waals surface area contributed by atoms with Crippen molar-refractivity contribution in [1.29, 1.82) is 0 Å². The number of hydrogen-bond donors (Lipinski definition) is 2. The molecule has 0 spiro atoms. The van der Waals surface area contributed by atoms with Crippen LogP contribution < -0.4 is 10.6 Å². The Balaban J connectivity index is 1.67. The maximum absolute atomic E-state index is 12.7. The summed E-state index contributed by atoms with van der Waals surface area (Å²) in [5, 5.41) is 5.63. The first-order valence-electron chi connectivity index (χ1n) is 9.23. The number of carbonyl (C=O) groups excluding carboxylic acids is 3. The number of amides is 2. The molecule has 0 fully saturated rings. The zero-order chi connectivity index (χ0) is 20.8. The van der Waals surface area contributed by atoms with Crippen LogP contribution in [-0.4, -0.2) is 29.6 Å². The molecule has 6 nitrogen and oxygen atoms in total. The molecule has 2 amide bonds. The van der Waals surface area contributed by atoms with Crippen molar-refractivity contribution >= 4 is 46.8 Å². The Bertz CT molecular complexity index is 907. The molecule has 0 saturated carbocycles. The standard InChI is InChI=1S/C21H21ClN2O4S/c1-2-28-20(26)11-15(13-6-4-3-5-7-13)23-19(25)12-18-21(27)24-16-10-14(22)8-9-17(16)29-18/h3-10,15,18H,2,11-12H2,1H3,(H,23,25)(H,24,27). The predicted octanol–water partition coefficient (Wildman–Crippen LogP) is 3.95. The highest BCUT2D eigenvalue weighted by Crippen LogP contribution is 2.38. The SMILES string of the molecule is CCOC(=O)CC(NC(=O)CC1Sc2ccc(Cl)cc2NC1=O)c1ccccc1. The molecule has 0 bridgehead atoms. The molecule has 1 aliphatic rings. The van der Waals surface area contributed by atoms with Gasteiger partial charge in [-0.3, -0.25) is 14.4 Å². The van der Waals surface area contributed by atoms with Crippen LogP contribution in [0.4, 0.5) is 5.69 Å². The Labute approximate surface area is 178 Å². The summed E-state index contributed by atoms with van der Waals surface area (Å²) in [5.41, 5.74) is 1.45. The van der Waals surface area contributed by atoms with Gasteiger partial charge in [0.15, 0.2) is 0 Å². The molecule has 0 saturated heterocycles. The molecular formula is C21H21ClN2O4S. The summed E-state index contributed by atoms with van der Waals surface area (Å²) >= 11 is 7.29. The molecule has 3 rings (SSSR count). The largest absolute Gasteiger partial charge is 0.466 e. The number of benzene rings is 2. The number of carbonyl (C=O) groups is 3. The summed E-state index contributed by atoms with van der Waals surface area (Å²) < 4.78 is 5.02. The molecule has 1 aliphatic heterocycles. The van der Waals surface area contributed by atoms with Crippen LogP contribution in [0.5, 0.6) is 0 Å². The minimum atomic E-state index is -0.567. The second-order valence-electron chi connectivity index (χ2n) is 6.48. The zero-order valence-corrected chi connectivity index (χ0v) is 17.4. The van der Waals surface area contributed by atoms with Crippen LogP contribution in [0.25, 0.3) is 0 Å². The molecule has 2 N–H and O–H groups in total. The number of ether oxygens (including phenoxy) is 1. The van der Waals surface area contributed by atoms with Gasteiger partial charge in [0.2, 0.25) is 11.8 Å². The smallest absolute Gasteiger partial charge is 0.308 e. The normalized spacial score (nSPS) is 16.3. The van der Waals surface area contributed by atoms with E-state index in [-0.39, 0.29) is 31.3 Å². The molecule has 8 heteroatoms. The minimum absolute atomic E-state index is 0.00920. The first-order chi connectivity index (χ1) is 14.0. The second-order valence-corrected chi connectivity index (χ2v) is 8.16. The number of esters is 1. The van der Waals surface area contributed by atoms with E-state index < -0.39 is 17.3 Å². The van der Waals surface area contributed by atoms with Crippen molar-refractivity contribution in [2.45, 2.75) is 36.0 Å². The summed E-state index contributed by atoms with van der Waals surface area (Å²) in [7, 11) is 0. The van der Waals surface area contributed by atoms with Gasteiger partial charge < -0.3 is 15.4 Å². The quantitative estimate of drug-likeness (QED) is 0.647. The molecule has 1 heterocycles. The summed E-state index contributed by atoms with van der Waals surface area (Å²) in [5.74, 6) is -0.952. The fraction of sp³-hybridized carbons (Fsp3) is 0.286. The van der Waals surface area contributed by atoms with Crippen LogP contribution >= 0.6 is 23.4 Å². The van der Waals surface area contributed by atoms with Gasteiger partial charge in [0.05, 0.1) is 30.0 Å². The van der Waals surface area contributed by atoms with E-state index in [4.69, 9.17) is 16.3 Å². The molecule has 2 aromatic rings. The number of thioether (sulfide) groups is 1. The maximum Gasteiger partial charge on any atom is 0.308 e. The number of halogens is 1. The Hall–Kier alpha value is -2.51. The Morgan fingerprint density at radius 3 is 2.72 bits per heavy atom. The zero-order valence-electron chi connectivity index (χ0n) is 15.8. The second kappa shape index (κ2) is 9.80. The first-order valence-corrected chi connectivity index (χ1v) is 10.5. The molecule has 2 aromatic carbocycles. The van der Waals surface area contributed by atoms with Crippen molar-refractivity contribution in [3.05, 3.63) is 59.1 Å². The van der Waals surface area contributed by atoms with Gasteiger partial charge in [0, 0.05) is 16.3 Å². The van der Waals surface area contributed by atoms with E-state index in [0.717, 1.165) is 10.5 Å². The minimum Gasteiger partial charge on any atom is -0.466 e. The average molecular weight is 433 g/mol. The first kappa shape index (κ1) is 21.2. The third kappa shape index (κ3) is 5.74. The number of fused-ring (bicyclic) bond motifs is 1. The van der Waals surface area contributed by atoms with E-state index in [9.17, 15) is 14.4 Å². The average Bonchev–Trinajstić information content (AvgIpc) is 2.69. The number of anilines is 1. The van der Waals surface area contributed by atoms with Crippen molar-refractivity contribution in [1.82, 2.24) is 5.32 Å². The number of hydrogen-bond acceptors (Lipinski definition) is 5. The van der Waals surface area contributed by atoms with Gasteiger partial charge in [-0.2, -0.15) is 0 Å². The fourth-order valence-electron chi connectivity index (χ4n) is 3.00. The predicted molar refractivity (Wildman–Crippen MR) is 113 cm³/mol. The Morgan fingerprint density at radius 1 is 1.24 bits per heavy atom. The van der Waals surface area contributed by atoms with E-state index >= 15 is 0 Å². The molecule has 0 aliphatic carbocycles. The fourth-order valence-corrected chi connectivity index (χ4v) is 4.27. The molecule has 152 valence electrons. The van der Waals surface area contributed by atoms with Crippen molar-refractivity contribution in [3.63, 3.8) is 0 Å². The summed E-state index contributed by atoms with van der Waals surface area (Å²) in [4.78, 5) is 37.9. The van der Waals surface area contributed by atoms with Crippen molar-refractivity contribution in [2.24, 2.45) is 0 Å². The molecule has 0 aromatic heterocycles. The highest BCUT2D eigenvalue weighted by molar-refractivity contribution is 8.01. The van der Waals surface area contributed by atoms with Crippen molar-refractivity contribution in [2.75, 3.05) is 11.9 Å². The van der Waals surface area contributed by atoms with Gasteiger partial charge >= 0.3 is 5.97 Å². The van der Waals surface area contributed by atoms with E-state index in [1.165, 1.54) is 11.8 Å². The summed E-state index contributed by atoms with van der Waals surface area (Å²) in [6.45, 7) is 2.01. The van der Waals surface area contributed by atoms with Crippen LogP contribution in [0, 0.1) is 0 Å². The van der Waals surface area contributed by atoms with E-state index in [1.807, 2.05) is 36.4 Å². The highest BCUT2D eigenvalue weighted by atomic mass is 35.5. The van der Waals surface area contributed by atoms with Gasteiger partial charge in [0.25, 0.3) is 0 Å². The van der Waals surface area contributed by atoms with Gasteiger partial charge in [-0.05, 0) is 30.7 Å². The highest BCUT2D eigenvalue weighted by Gasteiger charge is 2.30. The van der Waals surface area contributed by atoms with Crippen LogP contribution in [0.15, 0.2) is 53.4 Å². The molecule has 2 atom stereocenters. The lowest BCUT2D eigenvalue weighted by Crippen LogP contribution is -2.37. The van der Waals surface area contributed by atoms with Gasteiger partial charge in [0.1, 0.15) is 0 Å². The van der Waals surface area contributed by atoms with Crippen molar-refractivity contribution in [3.8, 4) is 0 Å². The molecular weight excluding hydrogens is 412 g/mol. The molecule has 0 radical (unpaired) electrons. The lowest BCUT2D eigenvalue weighted by atomic mass is 10.0. The molecule has 2 unspecified atom stereocenters. The van der Waals surface area contributed by atoms with Crippen molar-refractivity contribution < 1.29 is 19.1 Å². The third-order valence-electron chi connectivity index (χ3n) is 4.35. The number of nitrogens with one attached hydrogen (secondary N) is 2. The van der Waals surface area contributed by atoms with Gasteiger partial charge in [-0.15, -0.1) is 11.8 Å². The lowest BCUT2D eigenvalue weighted by Gasteiger charge is -2.25. The topological polar surface area (TPSA) is 84.5 Å². The van der Waals surface area contributed by atoms with Gasteiger partial charge in [-0.1, -0.05) is 41.9 Å². The Kier molecular flexibility index (Phi) is 7.17. The van der Waals surface area contributed by atoms with Crippen LogP contribution in [0.1, 0.15) is 31.4 Å². The van der Waals surface area contributed by atoms with Gasteiger partial charge in [-0.25, -0.2) is 0 Å². The third-order valence-corrected chi connectivity index (χ3v) is 5.86. The maximum atomic E-state index is 12.7. The van der Waals surface area contributed by atoms with Crippen LogP contribution in [-0.2, 0) is 19.1 Å². The molecule has 29 heavy (non-hydrogen) atoms. The van der Waals surface area contributed by atoms with Crippen LogP contribution in [0.2, 0.25) is 5.02 Å². The van der Waals surface area contributed by atoms with E-state index in [1.54, 1.807) is 19.1 Å². The number of rotatable bonds is 7. The summed E-state index contributed by atoms with van der Waals surface area (Å²) in [6, 6.07) is 13.9.